The molecule has 0 spiro atoms. The third-order valence-electron chi connectivity index (χ3n) is 5.66. The summed E-state index contributed by atoms with van der Waals surface area (Å²) in [5.41, 5.74) is 7.51. The van der Waals surface area contributed by atoms with Gasteiger partial charge < -0.3 is 20.7 Å². The predicted octanol–water partition coefficient (Wildman–Crippen LogP) is 4.52. The van der Waals surface area contributed by atoms with Gasteiger partial charge >= 0.3 is 0 Å². The fourth-order valence-corrected chi connectivity index (χ4v) is 3.94. The van der Waals surface area contributed by atoms with E-state index in [0.29, 0.717) is 30.1 Å². The number of pyridine rings is 1. The van der Waals surface area contributed by atoms with Crippen molar-refractivity contribution in [3.8, 4) is 5.75 Å². The molecule has 32 heavy (non-hydrogen) atoms. The fraction of sp³-hybridized carbons (Fsp3) is 0.320. The van der Waals surface area contributed by atoms with E-state index in [1.54, 1.807) is 11.1 Å². The van der Waals surface area contributed by atoms with Gasteiger partial charge in [0.05, 0.1) is 0 Å². The van der Waals surface area contributed by atoms with Crippen LogP contribution in [0, 0.1) is 0 Å². The van der Waals surface area contributed by atoms with Crippen LogP contribution in [0.4, 0.5) is 17.2 Å². The number of fused-ring (bicyclic) bond motifs is 1. The second-order valence-electron chi connectivity index (χ2n) is 8.01. The van der Waals surface area contributed by atoms with Crippen LogP contribution in [-0.2, 0) is 9.59 Å². The molecule has 1 atom stereocenters. The van der Waals surface area contributed by atoms with Gasteiger partial charge in [-0.2, -0.15) is 0 Å². The number of amides is 2. The molecule has 1 aromatic heterocycles. The normalized spacial score (nSPS) is 14.9. The molecule has 1 unspecified atom stereocenters. The number of aromatic nitrogens is 1. The van der Waals surface area contributed by atoms with Crippen molar-refractivity contribution in [1.29, 1.82) is 0 Å². The van der Waals surface area contributed by atoms with Gasteiger partial charge in [0.25, 0.3) is 5.91 Å². The second-order valence-corrected chi connectivity index (χ2v) is 8.01. The average molecular weight is 433 g/mol. The predicted molar refractivity (Wildman–Crippen MR) is 127 cm³/mol. The van der Waals surface area contributed by atoms with Crippen LogP contribution in [0.25, 0.3) is 10.8 Å². The largest absolute Gasteiger partial charge is 0.481 e. The van der Waals surface area contributed by atoms with E-state index >= 15 is 0 Å². The SMILES string of the molecule is CCCC(Oc1ccc2ccnc(N)c2c1)C(=O)Nc1ccc(N2CCCCC2=O)cc1. The summed E-state index contributed by atoms with van der Waals surface area (Å²) in [4.78, 5) is 31.0. The molecule has 3 aromatic rings. The number of nitrogens with one attached hydrogen (secondary N) is 1. The van der Waals surface area contributed by atoms with Crippen LogP contribution in [0.3, 0.4) is 0 Å². The maximum absolute atomic E-state index is 12.9. The molecule has 3 N–H and O–H groups in total. The Kier molecular flexibility index (Phi) is 6.54. The molecule has 2 heterocycles. The van der Waals surface area contributed by atoms with Crippen molar-refractivity contribution in [2.75, 3.05) is 22.5 Å². The number of nitrogens with zero attached hydrogens (tertiary/aromatic N) is 2. The highest BCUT2D eigenvalue weighted by Crippen LogP contribution is 2.26. The van der Waals surface area contributed by atoms with Crippen LogP contribution in [-0.4, -0.2) is 29.4 Å². The summed E-state index contributed by atoms with van der Waals surface area (Å²) in [6.07, 6.45) is 4.94. The van der Waals surface area contributed by atoms with Crippen molar-refractivity contribution < 1.29 is 14.3 Å². The highest BCUT2D eigenvalue weighted by molar-refractivity contribution is 5.96. The van der Waals surface area contributed by atoms with Gasteiger partial charge in [-0.3, -0.25) is 9.59 Å². The van der Waals surface area contributed by atoms with E-state index in [0.717, 1.165) is 42.3 Å². The number of ether oxygens (including phenoxy) is 1. The summed E-state index contributed by atoms with van der Waals surface area (Å²) in [5, 5.41) is 4.69. The Morgan fingerprint density at radius 3 is 2.75 bits per heavy atom. The molecule has 0 aliphatic carbocycles. The minimum Gasteiger partial charge on any atom is -0.481 e. The second kappa shape index (κ2) is 9.68. The zero-order valence-corrected chi connectivity index (χ0v) is 18.2. The van der Waals surface area contributed by atoms with Gasteiger partial charge in [0.2, 0.25) is 5.91 Å². The summed E-state index contributed by atoms with van der Waals surface area (Å²) >= 11 is 0. The molecule has 1 aliphatic heterocycles. The van der Waals surface area contributed by atoms with E-state index in [9.17, 15) is 9.59 Å². The number of nitrogen functional groups attached to an aromatic ring is 1. The highest BCUT2D eigenvalue weighted by Gasteiger charge is 2.22. The molecule has 2 aromatic carbocycles. The first-order valence-corrected chi connectivity index (χ1v) is 11.1. The molecule has 2 amide bonds. The molecule has 7 nitrogen and oxygen atoms in total. The first kappa shape index (κ1) is 21.6. The van der Waals surface area contributed by atoms with E-state index in [2.05, 4.69) is 10.3 Å². The molecule has 0 bridgehead atoms. The minimum absolute atomic E-state index is 0.149. The number of piperidine rings is 1. The zero-order valence-electron chi connectivity index (χ0n) is 18.2. The highest BCUT2D eigenvalue weighted by atomic mass is 16.5. The number of hydrogen-bond donors (Lipinski definition) is 2. The maximum atomic E-state index is 12.9. The van der Waals surface area contributed by atoms with Gasteiger partial charge in [0.15, 0.2) is 6.10 Å². The molecule has 1 fully saturated rings. The number of nitrogens with two attached hydrogens (primary N) is 1. The van der Waals surface area contributed by atoms with Gasteiger partial charge in [0.1, 0.15) is 11.6 Å². The molecule has 1 aliphatic rings. The third kappa shape index (κ3) is 4.82. The van der Waals surface area contributed by atoms with Crippen molar-refractivity contribution in [2.45, 2.75) is 45.1 Å². The first-order chi connectivity index (χ1) is 15.5. The molecule has 0 radical (unpaired) electrons. The summed E-state index contributed by atoms with van der Waals surface area (Å²) in [5.74, 6) is 0.935. The Hall–Kier alpha value is -3.61. The summed E-state index contributed by atoms with van der Waals surface area (Å²) < 4.78 is 6.04. The lowest BCUT2D eigenvalue weighted by molar-refractivity contribution is -0.123. The van der Waals surface area contributed by atoms with E-state index in [1.807, 2.05) is 55.5 Å². The van der Waals surface area contributed by atoms with Crippen LogP contribution < -0.4 is 20.7 Å². The Balaban J connectivity index is 1.45. The quantitative estimate of drug-likeness (QED) is 0.572. The first-order valence-electron chi connectivity index (χ1n) is 11.1. The molecular weight excluding hydrogens is 404 g/mol. The van der Waals surface area contributed by atoms with Crippen LogP contribution in [0.2, 0.25) is 0 Å². The lowest BCUT2D eigenvalue weighted by Crippen LogP contribution is -2.35. The fourth-order valence-electron chi connectivity index (χ4n) is 3.94. The van der Waals surface area contributed by atoms with E-state index in [-0.39, 0.29) is 11.8 Å². The monoisotopic (exact) mass is 432 g/mol. The van der Waals surface area contributed by atoms with Crippen molar-refractivity contribution >= 4 is 39.8 Å². The van der Waals surface area contributed by atoms with Crippen LogP contribution in [0.1, 0.15) is 39.0 Å². The molecular formula is C25H28N4O3. The standard InChI is InChI=1S/C25H28N4O3/c1-2-5-22(32-20-12-7-17-13-14-27-24(26)21(17)16-20)25(31)28-18-8-10-19(11-9-18)29-15-4-3-6-23(29)30/h7-14,16,22H,2-6,15H2,1H3,(H2,26,27)(H,28,31). The lowest BCUT2D eigenvalue weighted by Gasteiger charge is -2.27. The molecule has 7 heteroatoms. The van der Waals surface area contributed by atoms with Crippen molar-refractivity contribution in [3.05, 3.63) is 54.7 Å². The number of benzene rings is 2. The number of anilines is 3. The van der Waals surface area contributed by atoms with E-state index in [4.69, 9.17) is 10.5 Å². The Bertz CT molecular complexity index is 1110. The number of hydrogen-bond acceptors (Lipinski definition) is 5. The molecule has 166 valence electrons. The maximum Gasteiger partial charge on any atom is 0.265 e. The Labute approximate surface area is 187 Å². The smallest absolute Gasteiger partial charge is 0.265 e. The van der Waals surface area contributed by atoms with Gasteiger partial charge in [-0.05, 0) is 67.1 Å². The summed E-state index contributed by atoms with van der Waals surface area (Å²) in [7, 11) is 0. The van der Waals surface area contributed by atoms with Crippen LogP contribution in [0.15, 0.2) is 54.7 Å². The summed E-state index contributed by atoms with van der Waals surface area (Å²) in [6.45, 7) is 2.75. The zero-order chi connectivity index (χ0) is 22.5. The Morgan fingerprint density at radius 1 is 1.19 bits per heavy atom. The molecule has 0 saturated carbocycles. The Morgan fingerprint density at radius 2 is 2.00 bits per heavy atom. The third-order valence-corrected chi connectivity index (χ3v) is 5.66. The van der Waals surface area contributed by atoms with E-state index in [1.165, 1.54) is 0 Å². The number of carbonyl (C=O) groups excluding carboxylic acids is 2. The lowest BCUT2D eigenvalue weighted by atomic mass is 10.1. The topological polar surface area (TPSA) is 97.6 Å². The minimum atomic E-state index is -0.640. The van der Waals surface area contributed by atoms with Gasteiger partial charge in [-0.25, -0.2) is 4.98 Å². The van der Waals surface area contributed by atoms with Crippen molar-refractivity contribution in [1.82, 2.24) is 4.98 Å². The molecule has 1 saturated heterocycles. The van der Waals surface area contributed by atoms with Gasteiger partial charge in [0, 0.05) is 35.9 Å². The van der Waals surface area contributed by atoms with Gasteiger partial charge in [-0.15, -0.1) is 0 Å². The molecule has 4 rings (SSSR count). The van der Waals surface area contributed by atoms with E-state index < -0.39 is 6.10 Å². The van der Waals surface area contributed by atoms with Crippen molar-refractivity contribution in [3.63, 3.8) is 0 Å². The van der Waals surface area contributed by atoms with Crippen molar-refractivity contribution in [2.24, 2.45) is 0 Å². The van der Waals surface area contributed by atoms with Crippen LogP contribution in [0.5, 0.6) is 5.75 Å². The van der Waals surface area contributed by atoms with Gasteiger partial charge in [-0.1, -0.05) is 19.4 Å². The average Bonchev–Trinajstić information content (AvgIpc) is 2.80. The number of rotatable bonds is 7. The van der Waals surface area contributed by atoms with Crippen LogP contribution >= 0.6 is 0 Å². The summed E-state index contributed by atoms with van der Waals surface area (Å²) in [6, 6.07) is 14.8. The number of carbonyl (C=O) groups is 2.